The van der Waals surface area contributed by atoms with E-state index in [1.165, 1.54) is 25.5 Å². The molecule has 6 nitrogen and oxygen atoms in total. The maximum atomic E-state index is 12.1. The van der Waals surface area contributed by atoms with Crippen molar-refractivity contribution in [2.75, 3.05) is 13.1 Å². The second-order valence-electron chi connectivity index (χ2n) is 6.56. The zero-order valence-corrected chi connectivity index (χ0v) is 15.0. The lowest BCUT2D eigenvalue weighted by molar-refractivity contribution is 0.0954. The van der Waals surface area contributed by atoms with Crippen LogP contribution in [-0.2, 0) is 6.54 Å². The van der Waals surface area contributed by atoms with Crippen molar-refractivity contribution in [3.63, 3.8) is 0 Å². The molecule has 3 rings (SSSR count). The minimum absolute atomic E-state index is 0.298. The Morgan fingerprint density at radius 3 is 2.77 bits per heavy atom. The molecular weight excluding hydrogens is 328 g/mol. The molecule has 6 heteroatoms. The Bertz CT molecular complexity index is 784. The molecule has 0 aliphatic carbocycles. The molecule has 1 amide bonds. The van der Waals surface area contributed by atoms with E-state index in [-0.39, 0.29) is 5.91 Å². The van der Waals surface area contributed by atoms with Crippen LogP contribution in [0.3, 0.4) is 0 Å². The Morgan fingerprint density at radius 1 is 1.23 bits per heavy atom. The van der Waals surface area contributed by atoms with E-state index in [4.69, 9.17) is 0 Å². The van der Waals surface area contributed by atoms with Gasteiger partial charge >= 0.3 is 0 Å². The zero-order valence-electron chi connectivity index (χ0n) is 15.0. The van der Waals surface area contributed by atoms with E-state index in [1.807, 2.05) is 19.1 Å². The molecule has 1 saturated heterocycles. The van der Waals surface area contributed by atoms with E-state index in [9.17, 15) is 9.90 Å². The Morgan fingerprint density at radius 2 is 2.04 bits per heavy atom. The standard InChI is InChI=1S/C20H24N4O2/c1-15(22-23-20(26)17-6-5-9-21-13-17)16-7-8-19(25)18(12-16)14-24-10-3-2-4-11-24/h5-9,12-13,25H,2-4,10-11,14H2,1H3,(H,23,26)/b22-15+. The Balaban J connectivity index is 1.69. The number of carbonyl (C=O) groups is 1. The lowest BCUT2D eigenvalue weighted by atomic mass is 10.0. The van der Waals surface area contributed by atoms with Gasteiger partial charge in [0.2, 0.25) is 0 Å². The number of benzene rings is 1. The van der Waals surface area contributed by atoms with E-state index in [0.29, 0.717) is 17.0 Å². The average Bonchev–Trinajstić information content (AvgIpc) is 2.69. The van der Waals surface area contributed by atoms with E-state index in [1.54, 1.807) is 24.4 Å². The number of hydrogen-bond donors (Lipinski definition) is 2. The van der Waals surface area contributed by atoms with Gasteiger partial charge in [-0.3, -0.25) is 14.7 Å². The molecule has 2 aromatic rings. The number of carbonyl (C=O) groups excluding carboxylic acids is 1. The number of pyridine rings is 1. The van der Waals surface area contributed by atoms with Crippen LogP contribution in [0.25, 0.3) is 0 Å². The Kier molecular flexibility index (Phi) is 5.96. The van der Waals surface area contributed by atoms with Crippen LogP contribution in [0.2, 0.25) is 0 Å². The highest BCUT2D eigenvalue weighted by Gasteiger charge is 2.13. The van der Waals surface area contributed by atoms with E-state index < -0.39 is 0 Å². The zero-order chi connectivity index (χ0) is 18.4. The molecule has 136 valence electrons. The number of amides is 1. The maximum Gasteiger partial charge on any atom is 0.272 e. The minimum Gasteiger partial charge on any atom is -0.508 e. The predicted molar refractivity (Wildman–Crippen MR) is 101 cm³/mol. The van der Waals surface area contributed by atoms with Gasteiger partial charge < -0.3 is 5.11 Å². The van der Waals surface area contributed by atoms with Crippen LogP contribution < -0.4 is 5.43 Å². The Hall–Kier alpha value is -2.73. The molecule has 0 bridgehead atoms. The van der Waals surface area contributed by atoms with Crippen LogP contribution in [0, 0.1) is 0 Å². The van der Waals surface area contributed by atoms with Gasteiger partial charge in [0.25, 0.3) is 5.91 Å². The van der Waals surface area contributed by atoms with Crippen molar-refractivity contribution in [2.24, 2.45) is 5.10 Å². The lowest BCUT2D eigenvalue weighted by Crippen LogP contribution is -2.29. The molecule has 0 radical (unpaired) electrons. The largest absolute Gasteiger partial charge is 0.508 e. The number of nitrogens with one attached hydrogen (secondary N) is 1. The molecule has 1 aliphatic rings. The normalized spacial score (nSPS) is 15.7. The highest BCUT2D eigenvalue weighted by Crippen LogP contribution is 2.22. The van der Waals surface area contributed by atoms with Gasteiger partial charge in [-0.05, 0) is 68.8 Å². The van der Waals surface area contributed by atoms with E-state index in [0.717, 1.165) is 30.8 Å². The third-order valence-corrected chi connectivity index (χ3v) is 4.59. The summed E-state index contributed by atoms with van der Waals surface area (Å²) in [5.74, 6) is -0.00344. The molecule has 1 aromatic carbocycles. The monoisotopic (exact) mass is 352 g/mol. The van der Waals surface area contributed by atoms with E-state index in [2.05, 4.69) is 20.4 Å². The number of piperidine rings is 1. The molecule has 0 unspecified atom stereocenters. The van der Waals surface area contributed by atoms with Gasteiger partial charge in [-0.2, -0.15) is 5.10 Å². The summed E-state index contributed by atoms with van der Waals surface area (Å²) in [6.45, 7) is 4.70. The topological polar surface area (TPSA) is 77.8 Å². The SMILES string of the molecule is C/C(=N\NC(=O)c1cccnc1)c1ccc(O)c(CN2CCCCC2)c1. The molecule has 0 spiro atoms. The van der Waals surface area contributed by atoms with Crippen molar-refractivity contribution in [1.29, 1.82) is 0 Å². The number of phenols is 1. The number of nitrogens with zero attached hydrogens (tertiary/aromatic N) is 3. The highest BCUT2D eigenvalue weighted by atomic mass is 16.3. The number of phenolic OH excluding ortho intramolecular Hbond substituents is 1. The lowest BCUT2D eigenvalue weighted by Gasteiger charge is -2.26. The van der Waals surface area contributed by atoms with Crippen molar-refractivity contribution in [1.82, 2.24) is 15.3 Å². The average molecular weight is 352 g/mol. The van der Waals surface area contributed by atoms with Crippen molar-refractivity contribution in [2.45, 2.75) is 32.7 Å². The summed E-state index contributed by atoms with van der Waals surface area (Å²) < 4.78 is 0. The van der Waals surface area contributed by atoms with Crippen LogP contribution in [0.4, 0.5) is 0 Å². The van der Waals surface area contributed by atoms with Crippen LogP contribution in [0.1, 0.15) is 47.7 Å². The van der Waals surface area contributed by atoms with Crippen molar-refractivity contribution < 1.29 is 9.90 Å². The van der Waals surface area contributed by atoms with Gasteiger partial charge in [0.1, 0.15) is 5.75 Å². The maximum absolute atomic E-state index is 12.1. The van der Waals surface area contributed by atoms with Crippen LogP contribution in [0.5, 0.6) is 5.75 Å². The summed E-state index contributed by atoms with van der Waals surface area (Å²) >= 11 is 0. The molecule has 26 heavy (non-hydrogen) atoms. The predicted octanol–water partition coefficient (Wildman–Crippen LogP) is 2.93. The Labute approximate surface area is 153 Å². The van der Waals surface area contributed by atoms with Gasteiger partial charge in [-0.25, -0.2) is 5.43 Å². The van der Waals surface area contributed by atoms with Crippen LogP contribution in [0.15, 0.2) is 47.8 Å². The third kappa shape index (κ3) is 4.67. The van der Waals surface area contributed by atoms with Crippen molar-refractivity contribution in [3.05, 3.63) is 59.4 Å². The molecule has 1 aliphatic heterocycles. The summed E-state index contributed by atoms with van der Waals surface area (Å²) in [7, 11) is 0. The number of rotatable bonds is 5. The molecule has 2 N–H and O–H groups in total. The fourth-order valence-electron chi connectivity index (χ4n) is 3.06. The summed E-state index contributed by atoms with van der Waals surface area (Å²) in [5, 5.41) is 14.4. The first-order chi connectivity index (χ1) is 12.6. The number of hydrazone groups is 1. The summed E-state index contributed by atoms with van der Waals surface area (Å²) in [5.41, 5.74) is 5.45. The number of likely N-dealkylation sites (tertiary alicyclic amines) is 1. The van der Waals surface area contributed by atoms with Crippen molar-refractivity contribution in [3.8, 4) is 5.75 Å². The molecular formula is C20H24N4O2. The summed E-state index contributed by atoms with van der Waals surface area (Å²) in [4.78, 5) is 18.3. The third-order valence-electron chi connectivity index (χ3n) is 4.59. The molecule has 1 aromatic heterocycles. The minimum atomic E-state index is -0.301. The van der Waals surface area contributed by atoms with Crippen molar-refractivity contribution >= 4 is 11.6 Å². The smallest absolute Gasteiger partial charge is 0.272 e. The summed E-state index contributed by atoms with van der Waals surface area (Å²) in [6.07, 6.45) is 6.82. The highest BCUT2D eigenvalue weighted by molar-refractivity contribution is 6.01. The van der Waals surface area contributed by atoms with E-state index >= 15 is 0 Å². The number of aromatic nitrogens is 1. The first-order valence-corrected chi connectivity index (χ1v) is 8.93. The number of hydrogen-bond acceptors (Lipinski definition) is 5. The van der Waals surface area contributed by atoms with Gasteiger partial charge in [-0.1, -0.05) is 6.42 Å². The quantitative estimate of drug-likeness (QED) is 0.641. The van der Waals surface area contributed by atoms with Gasteiger partial charge in [-0.15, -0.1) is 0 Å². The van der Waals surface area contributed by atoms with Crippen LogP contribution in [-0.4, -0.2) is 39.7 Å². The fourth-order valence-corrected chi connectivity index (χ4v) is 3.06. The van der Waals surface area contributed by atoms with Crippen LogP contribution >= 0.6 is 0 Å². The van der Waals surface area contributed by atoms with Gasteiger partial charge in [0.15, 0.2) is 0 Å². The van der Waals surface area contributed by atoms with Gasteiger partial charge in [0.05, 0.1) is 11.3 Å². The number of aromatic hydroxyl groups is 1. The molecule has 1 fully saturated rings. The first kappa shape index (κ1) is 18.1. The molecule has 2 heterocycles. The first-order valence-electron chi connectivity index (χ1n) is 8.93. The molecule has 0 atom stereocenters. The fraction of sp³-hybridized carbons (Fsp3) is 0.350. The van der Waals surface area contributed by atoms with Gasteiger partial charge in [0, 0.05) is 24.5 Å². The second-order valence-corrected chi connectivity index (χ2v) is 6.56. The summed E-state index contributed by atoms with van der Waals surface area (Å²) in [6, 6.07) is 8.84. The second kappa shape index (κ2) is 8.58. The molecule has 0 saturated carbocycles.